The summed E-state index contributed by atoms with van der Waals surface area (Å²) in [6.07, 6.45) is 6.26. The van der Waals surface area contributed by atoms with E-state index >= 15 is 0 Å². The Bertz CT molecular complexity index is 1200. The van der Waals surface area contributed by atoms with E-state index in [0.29, 0.717) is 0 Å². The molecule has 0 radical (unpaired) electrons. The second kappa shape index (κ2) is 7.76. The zero-order valence-corrected chi connectivity index (χ0v) is 16.6. The summed E-state index contributed by atoms with van der Waals surface area (Å²) in [6, 6.07) is 33.7. The van der Waals surface area contributed by atoms with Crippen LogP contribution in [0, 0.1) is 0 Å². The molecule has 0 atom stereocenters. The summed E-state index contributed by atoms with van der Waals surface area (Å²) >= 11 is 0. The molecule has 0 aromatic heterocycles. The predicted molar refractivity (Wildman–Crippen MR) is 130 cm³/mol. The molecule has 1 N–H and O–H groups in total. The second-order valence-electron chi connectivity index (χ2n) is 7.22. The number of hydrogen-bond acceptors (Lipinski definition) is 2. The van der Waals surface area contributed by atoms with Crippen LogP contribution in [0.25, 0.3) is 18.2 Å². The summed E-state index contributed by atoms with van der Waals surface area (Å²) in [5.74, 6) is 0. The lowest BCUT2D eigenvalue weighted by atomic mass is 10.1. The molecule has 0 unspecified atom stereocenters. The van der Waals surface area contributed by atoms with Crippen molar-refractivity contribution in [1.82, 2.24) is 0 Å². The first-order chi connectivity index (χ1) is 14.8. The Hall–Kier alpha value is -4.04. The van der Waals surface area contributed by atoms with Crippen LogP contribution in [0.1, 0.15) is 16.7 Å². The van der Waals surface area contributed by atoms with Crippen LogP contribution in [0.2, 0.25) is 0 Å². The number of benzene rings is 4. The quantitative estimate of drug-likeness (QED) is 0.336. The van der Waals surface area contributed by atoms with E-state index in [0.717, 1.165) is 34.0 Å². The van der Waals surface area contributed by atoms with Gasteiger partial charge in [0.15, 0.2) is 0 Å². The van der Waals surface area contributed by atoms with Gasteiger partial charge in [-0.05, 0) is 47.0 Å². The van der Waals surface area contributed by atoms with Gasteiger partial charge in [0.25, 0.3) is 0 Å². The van der Waals surface area contributed by atoms with Gasteiger partial charge in [0, 0.05) is 5.69 Å². The van der Waals surface area contributed by atoms with Crippen LogP contribution in [0.3, 0.4) is 0 Å². The van der Waals surface area contributed by atoms with E-state index in [1.54, 1.807) is 0 Å². The molecule has 2 heteroatoms. The summed E-state index contributed by atoms with van der Waals surface area (Å²) in [7, 11) is 0. The minimum Gasteiger partial charge on any atom is -0.353 e. The highest BCUT2D eigenvalue weighted by atomic mass is 15.2. The Morgan fingerprint density at radius 1 is 0.567 bits per heavy atom. The maximum atomic E-state index is 3.96. The molecule has 4 aromatic rings. The topological polar surface area (TPSA) is 15.3 Å². The predicted octanol–water partition coefficient (Wildman–Crippen LogP) is 8.03. The smallest absolute Gasteiger partial charge is 0.0697 e. The van der Waals surface area contributed by atoms with Crippen LogP contribution < -0.4 is 10.2 Å². The Balaban J connectivity index is 1.70. The van der Waals surface area contributed by atoms with Gasteiger partial charge in [-0.2, -0.15) is 0 Å². The zero-order chi connectivity index (χ0) is 20.3. The molecule has 1 heterocycles. The fourth-order valence-electron chi connectivity index (χ4n) is 3.94. The van der Waals surface area contributed by atoms with Crippen LogP contribution in [-0.4, -0.2) is 0 Å². The van der Waals surface area contributed by atoms with Gasteiger partial charge >= 0.3 is 0 Å². The molecular weight excluding hydrogens is 364 g/mol. The van der Waals surface area contributed by atoms with Crippen molar-refractivity contribution in [2.24, 2.45) is 0 Å². The first kappa shape index (κ1) is 18.0. The highest BCUT2D eigenvalue weighted by Gasteiger charge is 2.21. The molecule has 1 aliphatic heterocycles. The number of hydrogen-bond donors (Lipinski definition) is 1. The fourth-order valence-corrected chi connectivity index (χ4v) is 3.94. The number of fused-ring (bicyclic) bond motifs is 2. The number of anilines is 5. The summed E-state index contributed by atoms with van der Waals surface area (Å²) in [6.45, 7) is 3.96. The van der Waals surface area contributed by atoms with Crippen LogP contribution in [0.4, 0.5) is 28.4 Å². The minimum absolute atomic E-state index is 1.04. The summed E-state index contributed by atoms with van der Waals surface area (Å²) < 4.78 is 0. The number of nitrogens with one attached hydrogen (secondary N) is 1. The van der Waals surface area contributed by atoms with Crippen LogP contribution in [0.5, 0.6) is 0 Å². The van der Waals surface area contributed by atoms with Gasteiger partial charge in [0.2, 0.25) is 0 Å². The zero-order valence-electron chi connectivity index (χ0n) is 16.6. The maximum absolute atomic E-state index is 3.96. The van der Waals surface area contributed by atoms with Gasteiger partial charge in [-0.1, -0.05) is 91.5 Å². The molecule has 1 aliphatic rings. The molecule has 0 aliphatic carbocycles. The minimum atomic E-state index is 1.04. The molecule has 0 saturated carbocycles. The van der Waals surface area contributed by atoms with Gasteiger partial charge in [0.05, 0.1) is 22.7 Å². The van der Waals surface area contributed by atoms with Crippen molar-refractivity contribution >= 4 is 46.7 Å². The fraction of sp³-hybridized carbons (Fsp3) is 0. The van der Waals surface area contributed by atoms with Crippen LogP contribution >= 0.6 is 0 Å². The van der Waals surface area contributed by atoms with E-state index < -0.39 is 0 Å². The molecule has 0 bridgehead atoms. The molecule has 30 heavy (non-hydrogen) atoms. The van der Waals surface area contributed by atoms with E-state index in [1.807, 2.05) is 18.2 Å². The van der Waals surface area contributed by atoms with Gasteiger partial charge in [-0.3, -0.25) is 0 Å². The SMILES string of the molecule is C=Cc1ccccc1Nc1ccccc1N1c2ccccc2C=Cc2ccccc21. The van der Waals surface area contributed by atoms with Crippen molar-refractivity contribution in [3.63, 3.8) is 0 Å². The summed E-state index contributed by atoms with van der Waals surface area (Å²) in [4.78, 5) is 2.34. The van der Waals surface area contributed by atoms with Gasteiger partial charge < -0.3 is 10.2 Å². The van der Waals surface area contributed by atoms with Gasteiger partial charge in [-0.15, -0.1) is 0 Å². The number of para-hydroxylation sites is 5. The van der Waals surface area contributed by atoms with E-state index in [2.05, 4.69) is 114 Å². The normalized spacial score (nSPS) is 11.9. The molecule has 0 amide bonds. The molecule has 144 valence electrons. The van der Waals surface area contributed by atoms with E-state index in [-0.39, 0.29) is 0 Å². The monoisotopic (exact) mass is 386 g/mol. The average molecular weight is 386 g/mol. The Labute approximate surface area is 177 Å². The molecule has 4 aromatic carbocycles. The Morgan fingerprint density at radius 3 is 1.70 bits per heavy atom. The van der Waals surface area contributed by atoms with E-state index in [9.17, 15) is 0 Å². The molecule has 0 spiro atoms. The Kier molecular flexibility index (Phi) is 4.66. The Morgan fingerprint density at radius 2 is 1.07 bits per heavy atom. The third kappa shape index (κ3) is 3.19. The average Bonchev–Trinajstić information content (AvgIpc) is 2.97. The van der Waals surface area contributed by atoms with Crippen molar-refractivity contribution < 1.29 is 0 Å². The van der Waals surface area contributed by atoms with E-state index in [1.165, 1.54) is 11.1 Å². The molecule has 2 nitrogen and oxygen atoms in total. The van der Waals surface area contributed by atoms with Gasteiger partial charge in [0.1, 0.15) is 0 Å². The highest BCUT2D eigenvalue weighted by molar-refractivity contribution is 5.96. The van der Waals surface area contributed by atoms with Gasteiger partial charge in [-0.25, -0.2) is 0 Å². The highest BCUT2D eigenvalue weighted by Crippen LogP contribution is 2.45. The lowest BCUT2D eigenvalue weighted by Gasteiger charge is -2.29. The molecule has 0 fully saturated rings. The first-order valence-electron chi connectivity index (χ1n) is 10.1. The third-order valence-electron chi connectivity index (χ3n) is 5.39. The summed E-state index contributed by atoms with van der Waals surface area (Å²) in [5, 5.41) is 3.64. The van der Waals surface area contributed by atoms with Crippen molar-refractivity contribution in [1.29, 1.82) is 0 Å². The van der Waals surface area contributed by atoms with Crippen molar-refractivity contribution in [2.45, 2.75) is 0 Å². The van der Waals surface area contributed by atoms with Crippen LogP contribution in [-0.2, 0) is 0 Å². The van der Waals surface area contributed by atoms with Crippen LogP contribution in [0.15, 0.2) is 104 Å². The first-order valence-corrected chi connectivity index (χ1v) is 10.1. The van der Waals surface area contributed by atoms with Crippen molar-refractivity contribution in [2.75, 3.05) is 10.2 Å². The maximum Gasteiger partial charge on any atom is 0.0697 e. The second-order valence-corrected chi connectivity index (χ2v) is 7.22. The lowest BCUT2D eigenvalue weighted by molar-refractivity contribution is 1.27. The molecular formula is C28H22N2. The lowest BCUT2D eigenvalue weighted by Crippen LogP contribution is -2.13. The van der Waals surface area contributed by atoms with E-state index in [4.69, 9.17) is 0 Å². The summed E-state index contributed by atoms with van der Waals surface area (Å²) in [5.41, 5.74) is 8.94. The molecule has 0 saturated heterocycles. The largest absolute Gasteiger partial charge is 0.353 e. The molecule has 5 rings (SSSR count). The number of nitrogens with zero attached hydrogens (tertiary/aromatic N) is 1. The number of rotatable bonds is 4. The van der Waals surface area contributed by atoms with Crippen molar-refractivity contribution in [3.8, 4) is 0 Å². The standard InChI is InChI=1S/C28H22N2/c1-2-21-11-3-6-14-24(21)29-25-15-7-10-18-28(25)30-26-16-8-4-12-22(26)19-20-23-13-5-9-17-27(23)30/h2-20,29H,1H2. The third-order valence-corrected chi connectivity index (χ3v) is 5.39. The van der Waals surface area contributed by atoms with Crippen molar-refractivity contribution in [3.05, 3.63) is 120 Å².